The van der Waals surface area contributed by atoms with Gasteiger partial charge in [0.2, 0.25) is 5.88 Å². The second-order valence-corrected chi connectivity index (χ2v) is 8.74. The van der Waals surface area contributed by atoms with Gasteiger partial charge in [-0.15, -0.1) is 0 Å². The number of imide groups is 2. The minimum Gasteiger partial charge on any atom is -0.439 e. The SMILES string of the molecule is O=C1NC(=O)C2(CCCN2c2ccc(Oc3ccc(-c4cc(-c5ccncc5)n[nH]4)cc3)nc2)C(=O)N1. The van der Waals surface area contributed by atoms with Gasteiger partial charge in [-0.25, -0.2) is 9.78 Å². The molecule has 0 atom stereocenters. The number of H-pyrrole nitrogens is 1. The summed E-state index contributed by atoms with van der Waals surface area (Å²) in [5, 5.41) is 11.8. The normalized spacial score (nSPS) is 16.5. The van der Waals surface area contributed by atoms with E-state index in [4.69, 9.17) is 4.74 Å². The van der Waals surface area contributed by atoms with Gasteiger partial charge in [-0.3, -0.25) is 30.3 Å². The molecule has 2 aliphatic rings. The van der Waals surface area contributed by atoms with Crippen molar-refractivity contribution in [2.45, 2.75) is 18.4 Å². The molecule has 0 saturated carbocycles. The zero-order valence-corrected chi connectivity index (χ0v) is 19.5. The molecule has 11 nitrogen and oxygen atoms in total. The Bertz CT molecular complexity index is 1460. The molecule has 4 amide bonds. The van der Waals surface area contributed by atoms with Gasteiger partial charge in [0.05, 0.1) is 23.3 Å². The fourth-order valence-corrected chi connectivity index (χ4v) is 4.74. The van der Waals surface area contributed by atoms with Crippen molar-refractivity contribution < 1.29 is 19.1 Å². The summed E-state index contributed by atoms with van der Waals surface area (Å²) in [5.41, 5.74) is 2.76. The van der Waals surface area contributed by atoms with Crippen molar-refractivity contribution >= 4 is 23.5 Å². The largest absolute Gasteiger partial charge is 0.439 e. The van der Waals surface area contributed by atoms with Crippen LogP contribution in [0.4, 0.5) is 10.5 Å². The van der Waals surface area contributed by atoms with Crippen molar-refractivity contribution in [3.05, 3.63) is 73.2 Å². The van der Waals surface area contributed by atoms with E-state index in [1.54, 1.807) is 35.6 Å². The van der Waals surface area contributed by atoms with Crippen LogP contribution in [0, 0.1) is 0 Å². The summed E-state index contributed by atoms with van der Waals surface area (Å²) in [5.74, 6) is -0.285. The fourth-order valence-electron chi connectivity index (χ4n) is 4.74. The number of nitrogens with zero attached hydrogens (tertiary/aromatic N) is 4. The van der Waals surface area contributed by atoms with E-state index >= 15 is 0 Å². The van der Waals surface area contributed by atoms with Crippen LogP contribution in [0.3, 0.4) is 0 Å². The maximum Gasteiger partial charge on any atom is 0.328 e. The number of amides is 4. The molecule has 4 aromatic rings. The molecule has 2 saturated heterocycles. The lowest BCUT2D eigenvalue weighted by atomic mass is 9.92. The van der Waals surface area contributed by atoms with Crippen molar-refractivity contribution in [2.24, 2.45) is 0 Å². The predicted octanol–water partition coefficient (Wildman–Crippen LogP) is 3.03. The maximum absolute atomic E-state index is 12.6. The standard InChI is InChI=1S/C26H21N7O4/c34-23-26(24(35)30-25(36)29-23)10-1-13-33(26)18-4-7-22(28-15-18)37-19-5-2-16(3-6-19)20-14-21(32-31-20)17-8-11-27-12-9-17/h2-9,11-12,14-15H,1,10,13H2,(H,31,32)(H2,29,30,34,35,36). The number of aromatic amines is 1. The van der Waals surface area contributed by atoms with E-state index in [2.05, 4.69) is 30.8 Å². The van der Waals surface area contributed by atoms with E-state index in [0.29, 0.717) is 36.7 Å². The summed E-state index contributed by atoms with van der Waals surface area (Å²) in [6, 6.07) is 15.9. The van der Waals surface area contributed by atoms with Crippen LogP contribution in [0.15, 0.2) is 73.2 Å². The number of aromatic nitrogens is 4. The number of carbonyl (C=O) groups excluding carboxylic acids is 3. The number of pyridine rings is 2. The number of hydrogen-bond donors (Lipinski definition) is 3. The highest BCUT2D eigenvalue weighted by Crippen LogP contribution is 2.36. The lowest BCUT2D eigenvalue weighted by molar-refractivity contribution is -0.137. The average Bonchev–Trinajstić information content (AvgIpc) is 3.58. The molecule has 6 rings (SSSR count). The average molecular weight is 495 g/mol. The van der Waals surface area contributed by atoms with E-state index < -0.39 is 23.4 Å². The number of rotatable bonds is 5. The Balaban J connectivity index is 1.16. The Morgan fingerprint density at radius 2 is 1.65 bits per heavy atom. The summed E-state index contributed by atoms with van der Waals surface area (Å²) in [4.78, 5) is 46.9. The van der Waals surface area contributed by atoms with Crippen LogP contribution >= 0.6 is 0 Å². The van der Waals surface area contributed by atoms with Gasteiger partial charge in [-0.1, -0.05) is 0 Å². The third-order valence-corrected chi connectivity index (χ3v) is 6.56. The van der Waals surface area contributed by atoms with Gasteiger partial charge in [0.15, 0.2) is 5.54 Å². The first-order valence-electron chi connectivity index (χ1n) is 11.7. The highest BCUT2D eigenvalue weighted by molar-refractivity contribution is 6.24. The smallest absolute Gasteiger partial charge is 0.328 e. The topological polar surface area (TPSA) is 142 Å². The van der Waals surface area contributed by atoms with Crippen LogP contribution < -0.4 is 20.3 Å². The van der Waals surface area contributed by atoms with Crippen LogP contribution in [0.25, 0.3) is 22.5 Å². The zero-order chi connectivity index (χ0) is 25.4. The van der Waals surface area contributed by atoms with E-state index in [1.165, 1.54) is 0 Å². The van der Waals surface area contributed by atoms with Crippen molar-refractivity contribution in [2.75, 3.05) is 11.4 Å². The number of benzene rings is 1. The Morgan fingerprint density at radius 1 is 0.892 bits per heavy atom. The Morgan fingerprint density at radius 3 is 2.35 bits per heavy atom. The predicted molar refractivity (Wildman–Crippen MR) is 133 cm³/mol. The number of anilines is 1. The lowest BCUT2D eigenvalue weighted by Gasteiger charge is -2.38. The molecule has 1 aromatic carbocycles. The number of barbiturate groups is 1. The summed E-state index contributed by atoms with van der Waals surface area (Å²) >= 11 is 0. The Hall–Kier alpha value is -5.06. The number of hydrogen-bond acceptors (Lipinski definition) is 8. The van der Waals surface area contributed by atoms with Crippen molar-refractivity contribution in [3.63, 3.8) is 0 Å². The molecule has 3 aromatic heterocycles. The fraction of sp³-hybridized carbons (Fsp3) is 0.154. The first-order chi connectivity index (χ1) is 18.0. The van der Waals surface area contributed by atoms with Gasteiger partial charge in [-0.2, -0.15) is 5.10 Å². The minimum atomic E-state index is -1.46. The Kier molecular flexibility index (Phi) is 5.37. The summed E-state index contributed by atoms with van der Waals surface area (Å²) in [7, 11) is 0. The van der Waals surface area contributed by atoms with E-state index in [9.17, 15) is 14.4 Å². The first-order valence-corrected chi connectivity index (χ1v) is 11.7. The van der Waals surface area contributed by atoms with Gasteiger partial charge in [-0.05, 0) is 66.9 Å². The molecule has 0 aliphatic carbocycles. The molecule has 184 valence electrons. The molecule has 2 aliphatic heterocycles. The number of carbonyl (C=O) groups is 3. The second kappa shape index (κ2) is 8.86. The molecule has 11 heteroatoms. The lowest BCUT2D eigenvalue weighted by Crippen LogP contribution is -2.71. The second-order valence-electron chi connectivity index (χ2n) is 8.74. The van der Waals surface area contributed by atoms with Crippen LogP contribution in [0.1, 0.15) is 12.8 Å². The molecule has 3 N–H and O–H groups in total. The molecule has 0 radical (unpaired) electrons. The summed E-state index contributed by atoms with van der Waals surface area (Å²) in [6.45, 7) is 0.481. The van der Waals surface area contributed by atoms with Crippen molar-refractivity contribution in [1.29, 1.82) is 0 Å². The van der Waals surface area contributed by atoms with Crippen LogP contribution in [-0.4, -0.2) is 50.1 Å². The molecule has 37 heavy (non-hydrogen) atoms. The quantitative estimate of drug-likeness (QED) is 0.359. The third-order valence-electron chi connectivity index (χ3n) is 6.56. The molecule has 5 heterocycles. The maximum atomic E-state index is 12.6. The highest BCUT2D eigenvalue weighted by Gasteiger charge is 2.57. The van der Waals surface area contributed by atoms with Gasteiger partial charge in [0, 0.05) is 30.6 Å². The van der Waals surface area contributed by atoms with Gasteiger partial charge < -0.3 is 9.64 Å². The molecule has 2 fully saturated rings. The van der Waals surface area contributed by atoms with E-state index in [0.717, 1.165) is 22.5 Å². The summed E-state index contributed by atoms with van der Waals surface area (Å²) < 4.78 is 5.89. The molecular weight excluding hydrogens is 474 g/mol. The monoisotopic (exact) mass is 495 g/mol. The van der Waals surface area contributed by atoms with Crippen LogP contribution in [-0.2, 0) is 9.59 Å². The van der Waals surface area contributed by atoms with Gasteiger partial charge >= 0.3 is 6.03 Å². The van der Waals surface area contributed by atoms with Crippen LogP contribution in [0.2, 0.25) is 0 Å². The Labute approximate surface area is 210 Å². The number of urea groups is 1. The highest BCUT2D eigenvalue weighted by atomic mass is 16.5. The van der Waals surface area contributed by atoms with Gasteiger partial charge in [0.25, 0.3) is 11.8 Å². The zero-order valence-electron chi connectivity index (χ0n) is 19.5. The summed E-state index contributed by atoms with van der Waals surface area (Å²) in [6.07, 6.45) is 5.94. The number of ether oxygens (including phenoxy) is 1. The van der Waals surface area contributed by atoms with E-state index in [1.807, 2.05) is 42.5 Å². The number of nitrogens with one attached hydrogen (secondary N) is 3. The first kappa shape index (κ1) is 22.4. The molecule has 0 unspecified atom stereocenters. The van der Waals surface area contributed by atoms with E-state index in [-0.39, 0.29) is 0 Å². The minimum absolute atomic E-state index is 0.308. The van der Waals surface area contributed by atoms with Crippen LogP contribution in [0.5, 0.6) is 11.6 Å². The third kappa shape index (κ3) is 3.96. The molecule has 1 spiro atoms. The van der Waals surface area contributed by atoms with Gasteiger partial charge in [0.1, 0.15) is 5.75 Å². The molecule has 0 bridgehead atoms. The van der Waals surface area contributed by atoms with Crippen molar-refractivity contribution in [1.82, 2.24) is 30.8 Å². The van der Waals surface area contributed by atoms with Crippen molar-refractivity contribution in [3.8, 4) is 34.1 Å². The molecular formula is C26H21N7O4.